The van der Waals surface area contributed by atoms with E-state index in [1.54, 1.807) is 18.2 Å². The number of carbonyl (C=O) groups excluding carboxylic acids is 1. The van der Waals surface area contributed by atoms with Gasteiger partial charge in [-0.2, -0.15) is 5.26 Å². The molecule has 88 valence electrons. The van der Waals surface area contributed by atoms with Gasteiger partial charge < -0.3 is 4.74 Å². The van der Waals surface area contributed by atoms with Crippen LogP contribution in [0, 0.1) is 23.2 Å². The molecule has 0 atom stereocenters. The number of hydrogen-bond donors (Lipinski definition) is 0. The third kappa shape index (κ3) is 2.65. The summed E-state index contributed by atoms with van der Waals surface area (Å²) in [6.07, 6.45) is 3.14. The van der Waals surface area contributed by atoms with E-state index in [1.165, 1.54) is 12.8 Å². The summed E-state index contributed by atoms with van der Waals surface area (Å²) in [7, 11) is 0. The molecule has 0 aromatic heterocycles. The zero-order chi connectivity index (χ0) is 12.3. The molecule has 1 aromatic rings. The summed E-state index contributed by atoms with van der Waals surface area (Å²) in [5.74, 6) is 2.00. The standard InChI is InChI=1S/C14H15NO2/c1-10-4-12(5-10)9-17-14-3-2-11(8-16)6-13(14)7-15/h2-3,6,8,10,12H,4-5,9H2,1H3. The van der Waals surface area contributed by atoms with Crippen LogP contribution in [0.15, 0.2) is 18.2 Å². The molecule has 3 heteroatoms. The zero-order valence-corrected chi connectivity index (χ0v) is 9.85. The van der Waals surface area contributed by atoms with Gasteiger partial charge in [0, 0.05) is 5.56 Å². The fourth-order valence-corrected chi connectivity index (χ4v) is 2.25. The molecular weight excluding hydrogens is 214 g/mol. The van der Waals surface area contributed by atoms with Crippen LogP contribution in [-0.2, 0) is 0 Å². The highest BCUT2D eigenvalue weighted by Crippen LogP contribution is 2.33. The first-order chi connectivity index (χ1) is 8.22. The van der Waals surface area contributed by atoms with Gasteiger partial charge in [-0.25, -0.2) is 0 Å². The normalized spacial score (nSPS) is 22.4. The first-order valence-corrected chi connectivity index (χ1v) is 5.85. The summed E-state index contributed by atoms with van der Waals surface area (Å²) in [5.41, 5.74) is 0.938. The number of aldehydes is 1. The SMILES string of the molecule is CC1CC(COc2ccc(C=O)cc2C#N)C1. The molecule has 17 heavy (non-hydrogen) atoms. The molecular formula is C14H15NO2. The minimum absolute atomic E-state index is 0.432. The molecule has 0 spiro atoms. The monoisotopic (exact) mass is 229 g/mol. The quantitative estimate of drug-likeness (QED) is 0.746. The van der Waals surface area contributed by atoms with Crippen LogP contribution >= 0.6 is 0 Å². The van der Waals surface area contributed by atoms with Crippen molar-refractivity contribution in [2.45, 2.75) is 19.8 Å². The van der Waals surface area contributed by atoms with E-state index in [9.17, 15) is 4.79 Å². The molecule has 1 aromatic carbocycles. The molecule has 0 saturated heterocycles. The van der Waals surface area contributed by atoms with Crippen LogP contribution in [-0.4, -0.2) is 12.9 Å². The largest absolute Gasteiger partial charge is 0.492 e. The molecule has 1 saturated carbocycles. The van der Waals surface area contributed by atoms with Gasteiger partial charge in [0.2, 0.25) is 0 Å². The highest BCUT2D eigenvalue weighted by atomic mass is 16.5. The van der Waals surface area contributed by atoms with Gasteiger partial charge in [-0.05, 0) is 42.9 Å². The molecule has 0 aliphatic heterocycles. The van der Waals surface area contributed by atoms with Crippen molar-refractivity contribution in [3.63, 3.8) is 0 Å². The lowest BCUT2D eigenvalue weighted by molar-refractivity contribution is 0.112. The predicted molar refractivity (Wildman–Crippen MR) is 63.9 cm³/mol. The topological polar surface area (TPSA) is 50.1 Å². The first kappa shape index (κ1) is 11.7. The molecule has 3 nitrogen and oxygen atoms in total. The Kier molecular flexibility index (Phi) is 3.43. The second-order valence-corrected chi connectivity index (χ2v) is 4.74. The van der Waals surface area contributed by atoms with Crippen LogP contribution in [0.25, 0.3) is 0 Å². The van der Waals surface area contributed by atoms with Crippen molar-refractivity contribution in [3.05, 3.63) is 29.3 Å². The number of nitrogens with zero attached hydrogens (tertiary/aromatic N) is 1. The lowest BCUT2D eigenvalue weighted by Gasteiger charge is -2.32. The van der Waals surface area contributed by atoms with E-state index in [-0.39, 0.29) is 0 Å². The summed E-state index contributed by atoms with van der Waals surface area (Å²) >= 11 is 0. The van der Waals surface area contributed by atoms with Crippen LogP contribution in [0.4, 0.5) is 0 Å². The van der Waals surface area contributed by atoms with Gasteiger partial charge in [0.05, 0.1) is 12.2 Å². The van der Waals surface area contributed by atoms with Crippen molar-refractivity contribution in [1.82, 2.24) is 0 Å². The Morgan fingerprint density at radius 2 is 2.29 bits per heavy atom. The Hall–Kier alpha value is -1.82. The highest BCUT2D eigenvalue weighted by Gasteiger charge is 2.25. The summed E-state index contributed by atoms with van der Waals surface area (Å²) in [6.45, 7) is 2.90. The van der Waals surface area contributed by atoms with E-state index >= 15 is 0 Å². The minimum Gasteiger partial charge on any atom is -0.492 e. The van der Waals surface area contributed by atoms with Crippen LogP contribution in [0.1, 0.15) is 35.7 Å². The molecule has 1 fully saturated rings. The van der Waals surface area contributed by atoms with Gasteiger partial charge in [-0.15, -0.1) is 0 Å². The van der Waals surface area contributed by atoms with Crippen molar-refractivity contribution in [2.75, 3.05) is 6.61 Å². The van der Waals surface area contributed by atoms with Gasteiger partial charge in [0.15, 0.2) is 0 Å². The zero-order valence-electron chi connectivity index (χ0n) is 9.85. The van der Waals surface area contributed by atoms with Gasteiger partial charge in [-0.3, -0.25) is 4.79 Å². The van der Waals surface area contributed by atoms with Gasteiger partial charge >= 0.3 is 0 Å². The van der Waals surface area contributed by atoms with Crippen LogP contribution in [0.5, 0.6) is 5.75 Å². The number of hydrogen-bond acceptors (Lipinski definition) is 3. The average Bonchev–Trinajstić information content (AvgIpc) is 2.33. The van der Waals surface area contributed by atoms with Gasteiger partial charge in [0.25, 0.3) is 0 Å². The third-order valence-corrected chi connectivity index (χ3v) is 3.21. The molecule has 1 aliphatic rings. The second-order valence-electron chi connectivity index (χ2n) is 4.74. The van der Waals surface area contributed by atoms with E-state index < -0.39 is 0 Å². The Morgan fingerprint density at radius 3 is 2.88 bits per heavy atom. The number of rotatable bonds is 4. The van der Waals surface area contributed by atoms with E-state index in [0.717, 1.165) is 12.2 Å². The van der Waals surface area contributed by atoms with Gasteiger partial charge in [0.1, 0.15) is 18.1 Å². The van der Waals surface area contributed by atoms with Crippen molar-refractivity contribution >= 4 is 6.29 Å². The van der Waals surface area contributed by atoms with E-state index in [0.29, 0.717) is 29.4 Å². The van der Waals surface area contributed by atoms with Gasteiger partial charge in [-0.1, -0.05) is 6.92 Å². The maximum Gasteiger partial charge on any atom is 0.150 e. The van der Waals surface area contributed by atoms with Crippen LogP contribution in [0.3, 0.4) is 0 Å². The Morgan fingerprint density at radius 1 is 1.53 bits per heavy atom. The van der Waals surface area contributed by atoms with Crippen LogP contribution in [0.2, 0.25) is 0 Å². The summed E-state index contributed by atoms with van der Waals surface area (Å²) in [4.78, 5) is 10.6. The lowest BCUT2D eigenvalue weighted by Crippen LogP contribution is -2.26. The maximum absolute atomic E-state index is 10.6. The number of benzene rings is 1. The lowest BCUT2D eigenvalue weighted by atomic mass is 9.77. The van der Waals surface area contributed by atoms with Crippen LogP contribution < -0.4 is 4.74 Å². The Balaban J connectivity index is 2.00. The number of ether oxygens (including phenoxy) is 1. The summed E-state index contributed by atoms with van der Waals surface area (Å²) < 4.78 is 5.64. The summed E-state index contributed by atoms with van der Waals surface area (Å²) in [6, 6.07) is 6.99. The smallest absolute Gasteiger partial charge is 0.150 e. The molecule has 0 N–H and O–H groups in total. The highest BCUT2D eigenvalue weighted by molar-refractivity contribution is 5.76. The van der Waals surface area contributed by atoms with Crippen molar-refractivity contribution in [3.8, 4) is 11.8 Å². The molecule has 0 unspecified atom stereocenters. The molecule has 2 rings (SSSR count). The third-order valence-electron chi connectivity index (χ3n) is 3.21. The number of carbonyl (C=O) groups is 1. The number of nitriles is 1. The van der Waals surface area contributed by atoms with E-state index in [1.807, 2.05) is 0 Å². The molecule has 0 bridgehead atoms. The molecule has 0 radical (unpaired) electrons. The molecule has 0 amide bonds. The second kappa shape index (κ2) is 5.01. The summed E-state index contributed by atoms with van der Waals surface area (Å²) in [5, 5.41) is 8.97. The van der Waals surface area contributed by atoms with E-state index in [2.05, 4.69) is 13.0 Å². The van der Waals surface area contributed by atoms with Crippen molar-refractivity contribution < 1.29 is 9.53 Å². The molecule has 0 heterocycles. The van der Waals surface area contributed by atoms with Crippen molar-refractivity contribution in [2.24, 2.45) is 11.8 Å². The first-order valence-electron chi connectivity index (χ1n) is 5.85. The predicted octanol–water partition coefficient (Wildman–Crippen LogP) is 2.80. The molecule has 1 aliphatic carbocycles. The van der Waals surface area contributed by atoms with Crippen molar-refractivity contribution in [1.29, 1.82) is 5.26 Å². The Labute approximate surface area is 101 Å². The minimum atomic E-state index is 0.432. The fourth-order valence-electron chi connectivity index (χ4n) is 2.25. The average molecular weight is 229 g/mol. The maximum atomic E-state index is 10.6. The van der Waals surface area contributed by atoms with E-state index in [4.69, 9.17) is 10.00 Å². The fraction of sp³-hybridized carbons (Fsp3) is 0.429. The Bertz CT molecular complexity index is 456.